The number of hydrogen-bond acceptors (Lipinski definition) is 0. The fraction of sp³-hybridized carbons (Fsp3) is 0.417. The maximum atomic E-state index is 3.97. The standard InChI is InChI=1S/C24H32/c1-5-9-19-13-15-23(17-21(19)11-7-3)24-16-14-20(10-6-2)22(18-24)12-8-4/h5-8,13,15,17,20,22,24H,1-4,9-12,14,16,18H2. The van der Waals surface area contributed by atoms with Crippen LogP contribution in [-0.4, -0.2) is 0 Å². The van der Waals surface area contributed by atoms with Gasteiger partial charge in [-0.2, -0.15) is 0 Å². The predicted molar refractivity (Wildman–Crippen MR) is 107 cm³/mol. The molecule has 3 atom stereocenters. The Hall–Kier alpha value is -1.82. The fourth-order valence-electron chi connectivity index (χ4n) is 4.26. The van der Waals surface area contributed by atoms with Crippen molar-refractivity contribution in [1.29, 1.82) is 0 Å². The van der Waals surface area contributed by atoms with E-state index in [1.165, 1.54) is 36.0 Å². The zero-order valence-corrected chi connectivity index (χ0v) is 15.1. The van der Waals surface area contributed by atoms with Crippen molar-refractivity contribution in [2.45, 2.75) is 50.9 Å². The van der Waals surface area contributed by atoms with Gasteiger partial charge in [0.05, 0.1) is 0 Å². The molecule has 0 aliphatic heterocycles. The molecular weight excluding hydrogens is 288 g/mol. The molecule has 1 saturated carbocycles. The summed E-state index contributed by atoms with van der Waals surface area (Å²) in [6.45, 7) is 15.7. The van der Waals surface area contributed by atoms with Crippen molar-refractivity contribution >= 4 is 0 Å². The maximum absolute atomic E-state index is 3.97. The Balaban J connectivity index is 2.19. The van der Waals surface area contributed by atoms with Gasteiger partial charge in [-0.25, -0.2) is 0 Å². The van der Waals surface area contributed by atoms with Gasteiger partial charge in [0.15, 0.2) is 0 Å². The average molecular weight is 321 g/mol. The van der Waals surface area contributed by atoms with Gasteiger partial charge in [-0.3, -0.25) is 0 Å². The van der Waals surface area contributed by atoms with Crippen molar-refractivity contribution in [3.05, 3.63) is 85.5 Å². The Morgan fingerprint density at radius 1 is 0.792 bits per heavy atom. The second-order valence-electron chi connectivity index (χ2n) is 7.09. The van der Waals surface area contributed by atoms with Gasteiger partial charge in [0.1, 0.15) is 0 Å². The summed E-state index contributed by atoms with van der Waals surface area (Å²) in [5.41, 5.74) is 4.30. The second kappa shape index (κ2) is 9.47. The lowest BCUT2D eigenvalue weighted by Gasteiger charge is -2.36. The van der Waals surface area contributed by atoms with Crippen LogP contribution in [0.1, 0.15) is 54.7 Å². The van der Waals surface area contributed by atoms with E-state index in [0.717, 1.165) is 37.5 Å². The molecule has 0 saturated heterocycles. The maximum Gasteiger partial charge on any atom is -0.00972 e. The summed E-state index contributed by atoms with van der Waals surface area (Å²) in [6, 6.07) is 7.06. The van der Waals surface area contributed by atoms with Gasteiger partial charge in [0.25, 0.3) is 0 Å². The molecule has 0 nitrogen and oxygen atoms in total. The Morgan fingerprint density at radius 3 is 2.12 bits per heavy atom. The first-order valence-corrected chi connectivity index (χ1v) is 9.28. The summed E-state index contributed by atoms with van der Waals surface area (Å²) >= 11 is 0. The van der Waals surface area contributed by atoms with Crippen LogP contribution in [0.3, 0.4) is 0 Å². The normalized spacial score (nSPS) is 23.4. The van der Waals surface area contributed by atoms with E-state index >= 15 is 0 Å². The molecule has 128 valence electrons. The van der Waals surface area contributed by atoms with Gasteiger partial charge in [-0.15, -0.1) is 26.3 Å². The van der Waals surface area contributed by atoms with Gasteiger partial charge in [-0.1, -0.05) is 42.5 Å². The lowest BCUT2D eigenvalue weighted by atomic mass is 9.69. The molecule has 1 aromatic rings. The SMILES string of the molecule is C=CCc1ccc(C2CCC(CC=C)C(CC=C)C2)cc1CC=C. The monoisotopic (exact) mass is 320 g/mol. The van der Waals surface area contributed by atoms with Crippen molar-refractivity contribution in [3.63, 3.8) is 0 Å². The fourth-order valence-corrected chi connectivity index (χ4v) is 4.26. The molecule has 0 aromatic heterocycles. The van der Waals surface area contributed by atoms with Gasteiger partial charge >= 0.3 is 0 Å². The van der Waals surface area contributed by atoms with Gasteiger partial charge in [0, 0.05) is 0 Å². The molecule has 2 rings (SSSR count). The van der Waals surface area contributed by atoms with Crippen LogP contribution in [0.4, 0.5) is 0 Å². The first-order chi connectivity index (χ1) is 11.7. The molecule has 0 bridgehead atoms. The molecule has 0 heterocycles. The van der Waals surface area contributed by atoms with E-state index in [0.29, 0.717) is 5.92 Å². The van der Waals surface area contributed by atoms with E-state index in [1.54, 1.807) is 0 Å². The highest BCUT2D eigenvalue weighted by molar-refractivity contribution is 5.36. The van der Waals surface area contributed by atoms with Crippen LogP contribution >= 0.6 is 0 Å². The van der Waals surface area contributed by atoms with E-state index in [4.69, 9.17) is 0 Å². The van der Waals surface area contributed by atoms with Crippen LogP contribution in [0.15, 0.2) is 68.8 Å². The highest BCUT2D eigenvalue weighted by Crippen LogP contribution is 2.43. The average Bonchev–Trinajstić information content (AvgIpc) is 2.59. The molecule has 1 fully saturated rings. The van der Waals surface area contributed by atoms with Crippen molar-refractivity contribution < 1.29 is 0 Å². The molecule has 0 heteroatoms. The third-order valence-electron chi connectivity index (χ3n) is 5.51. The highest BCUT2D eigenvalue weighted by atomic mass is 14.3. The van der Waals surface area contributed by atoms with Gasteiger partial charge in [-0.05, 0) is 79.4 Å². The topological polar surface area (TPSA) is 0 Å². The zero-order chi connectivity index (χ0) is 17.4. The highest BCUT2D eigenvalue weighted by Gasteiger charge is 2.29. The summed E-state index contributed by atoms with van der Waals surface area (Å²) in [5.74, 6) is 2.21. The van der Waals surface area contributed by atoms with Gasteiger partial charge in [0.2, 0.25) is 0 Å². The minimum atomic E-state index is 0.678. The third-order valence-corrected chi connectivity index (χ3v) is 5.51. The van der Waals surface area contributed by atoms with Crippen molar-refractivity contribution in [1.82, 2.24) is 0 Å². The molecule has 1 aliphatic carbocycles. The smallest absolute Gasteiger partial charge is 0.00972 e. The van der Waals surface area contributed by atoms with Crippen molar-refractivity contribution in [2.24, 2.45) is 11.8 Å². The number of allylic oxidation sites excluding steroid dienone is 4. The van der Waals surface area contributed by atoms with Gasteiger partial charge < -0.3 is 0 Å². The number of benzene rings is 1. The van der Waals surface area contributed by atoms with E-state index < -0.39 is 0 Å². The number of hydrogen-bond donors (Lipinski definition) is 0. The van der Waals surface area contributed by atoms with Crippen LogP contribution in [0.2, 0.25) is 0 Å². The second-order valence-corrected chi connectivity index (χ2v) is 7.09. The Kier molecular flexibility index (Phi) is 7.31. The van der Waals surface area contributed by atoms with E-state index in [-0.39, 0.29) is 0 Å². The molecule has 0 N–H and O–H groups in total. The largest absolute Gasteiger partial charge is 0.103 e. The van der Waals surface area contributed by atoms with Crippen LogP contribution in [0.5, 0.6) is 0 Å². The van der Waals surface area contributed by atoms with Crippen LogP contribution in [0, 0.1) is 11.8 Å². The molecule has 1 aliphatic rings. The molecular formula is C24H32. The quantitative estimate of drug-likeness (QED) is 0.439. The Morgan fingerprint density at radius 2 is 1.46 bits per heavy atom. The van der Waals surface area contributed by atoms with E-state index in [9.17, 15) is 0 Å². The molecule has 0 amide bonds. The van der Waals surface area contributed by atoms with Crippen LogP contribution in [0.25, 0.3) is 0 Å². The van der Waals surface area contributed by atoms with E-state index in [1.807, 2.05) is 12.2 Å². The summed E-state index contributed by atoms with van der Waals surface area (Å²) < 4.78 is 0. The van der Waals surface area contributed by atoms with Crippen molar-refractivity contribution in [3.8, 4) is 0 Å². The molecule has 0 radical (unpaired) electrons. The lowest BCUT2D eigenvalue weighted by Crippen LogP contribution is -2.23. The summed E-state index contributed by atoms with van der Waals surface area (Å²) in [5, 5.41) is 0. The first-order valence-electron chi connectivity index (χ1n) is 9.28. The third kappa shape index (κ3) is 4.60. The summed E-state index contributed by atoms with van der Waals surface area (Å²) in [7, 11) is 0. The lowest BCUT2D eigenvalue weighted by molar-refractivity contribution is 0.218. The Labute approximate surface area is 148 Å². The summed E-state index contributed by atoms with van der Waals surface area (Å²) in [4.78, 5) is 0. The molecule has 0 spiro atoms. The Bertz CT molecular complexity index is 578. The zero-order valence-electron chi connectivity index (χ0n) is 15.1. The van der Waals surface area contributed by atoms with Crippen LogP contribution < -0.4 is 0 Å². The minimum absolute atomic E-state index is 0.678. The van der Waals surface area contributed by atoms with Crippen LogP contribution in [-0.2, 0) is 12.8 Å². The summed E-state index contributed by atoms with van der Waals surface area (Å²) in [6.07, 6.45) is 16.2. The number of rotatable bonds is 9. The van der Waals surface area contributed by atoms with Crippen molar-refractivity contribution in [2.75, 3.05) is 0 Å². The van der Waals surface area contributed by atoms with E-state index in [2.05, 4.69) is 56.7 Å². The molecule has 3 unspecified atom stereocenters. The first kappa shape index (κ1) is 18.5. The molecule has 1 aromatic carbocycles. The predicted octanol–water partition coefficient (Wildman–Crippen LogP) is 6.80. The molecule has 24 heavy (non-hydrogen) atoms. The minimum Gasteiger partial charge on any atom is -0.103 e.